The SMILES string of the molecule is COc1cc(C)ccc1C(=O)C=Cc1csc(N(C(C)=O)c2ccc(C)c(C)c2)n1. The van der Waals surface area contributed by atoms with Crippen molar-refractivity contribution < 1.29 is 14.3 Å². The number of aryl methyl sites for hydroxylation is 3. The highest BCUT2D eigenvalue weighted by atomic mass is 32.1. The van der Waals surface area contributed by atoms with Gasteiger partial charge in [-0.3, -0.25) is 14.5 Å². The van der Waals surface area contributed by atoms with Crippen LogP contribution in [0.5, 0.6) is 5.75 Å². The Kier molecular flexibility index (Phi) is 6.47. The summed E-state index contributed by atoms with van der Waals surface area (Å²) in [6.45, 7) is 7.50. The topological polar surface area (TPSA) is 59.5 Å². The van der Waals surface area contributed by atoms with E-state index >= 15 is 0 Å². The van der Waals surface area contributed by atoms with E-state index in [0.717, 1.165) is 22.4 Å². The second kappa shape index (κ2) is 9.05. The maximum atomic E-state index is 12.6. The summed E-state index contributed by atoms with van der Waals surface area (Å²) in [6.07, 6.45) is 3.13. The molecule has 0 saturated carbocycles. The number of hydrogen-bond donors (Lipinski definition) is 0. The number of thiazole rings is 1. The molecule has 1 amide bonds. The van der Waals surface area contributed by atoms with Crippen LogP contribution in [0.25, 0.3) is 6.08 Å². The quantitative estimate of drug-likeness (QED) is 0.381. The van der Waals surface area contributed by atoms with Gasteiger partial charge in [-0.05, 0) is 73.9 Å². The van der Waals surface area contributed by atoms with Crippen LogP contribution in [0.15, 0.2) is 47.9 Å². The van der Waals surface area contributed by atoms with Gasteiger partial charge >= 0.3 is 0 Å². The van der Waals surface area contributed by atoms with Crippen LogP contribution < -0.4 is 9.64 Å². The molecule has 1 heterocycles. The van der Waals surface area contributed by atoms with Gasteiger partial charge in [0.1, 0.15) is 5.75 Å². The van der Waals surface area contributed by atoms with Gasteiger partial charge in [0.15, 0.2) is 10.9 Å². The van der Waals surface area contributed by atoms with E-state index in [0.29, 0.717) is 22.1 Å². The summed E-state index contributed by atoms with van der Waals surface area (Å²) in [5.74, 6) is 0.253. The first kappa shape index (κ1) is 21.5. The Hall–Kier alpha value is -3.25. The second-order valence-corrected chi connectivity index (χ2v) is 7.92. The largest absolute Gasteiger partial charge is 0.496 e. The lowest BCUT2D eigenvalue weighted by atomic mass is 10.1. The van der Waals surface area contributed by atoms with E-state index in [2.05, 4.69) is 4.98 Å². The van der Waals surface area contributed by atoms with E-state index < -0.39 is 0 Å². The molecule has 3 rings (SSSR count). The van der Waals surface area contributed by atoms with Crippen molar-refractivity contribution in [1.29, 1.82) is 0 Å². The number of nitrogens with zero attached hydrogens (tertiary/aromatic N) is 2. The first-order chi connectivity index (χ1) is 14.3. The zero-order valence-electron chi connectivity index (χ0n) is 17.7. The van der Waals surface area contributed by atoms with Crippen molar-refractivity contribution >= 4 is 39.9 Å². The second-order valence-electron chi connectivity index (χ2n) is 7.08. The van der Waals surface area contributed by atoms with E-state index in [4.69, 9.17) is 4.74 Å². The standard InChI is InChI=1S/C24H24N2O3S/c1-15-6-10-21(23(12-15)29-5)22(28)11-8-19-14-30-24(25-19)26(18(4)27)20-9-7-16(2)17(3)13-20/h6-14H,1-5H3. The number of allylic oxidation sites excluding steroid dienone is 1. The number of ketones is 1. The number of carbonyl (C=O) groups excluding carboxylic acids is 2. The van der Waals surface area contributed by atoms with E-state index in [-0.39, 0.29) is 11.7 Å². The minimum atomic E-state index is -0.168. The van der Waals surface area contributed by atoms with Crippen LogP contribution in [-0.2, 0) is 4.79 Å². The summed E-state index contributed by atoms with van der Waals surface area (Å²) < 4.78 is 5.32. The van der Waals surface area contributed by atoms with Gasteiger partial charge in [0, 0.05) is 12.3 Å². The highest BCUT2D eigenvalue weighted by Gasteiger charge is 2.18. The van der Waals surface area contributed by atoms with Crippen LogP contribution >= 0.6 is 11.3 Å². The molecule has 5 nitrogen and oxygen atoms in total. The zero-order chi connectivity index (χ0) is 21.8. The highest BCUT2D eigenvalue weighted by Crippen LogP contribution is 2.30. The minimum absolute atomic E-state index is 0.122. The molecular weight excluding hydrogens is 396 g/mol. The summed E-state index contributed by atoms with van der Waals surface area (Å²) in [7, 11) is 1.55. The molecule has 30 heavy (non-hydrogen) atoms. The van der Waals surface area contributed by atoms with E-state index in [1.54, 1.807) is 24.2 Å². The van der Waals surface area contributed by atoms with Crippen molar-refractivity contribution in [3.8, 4) is 5.75 Å². The van der Waals surface area contributed by atoms with E-state index in [9.17, 15) is 9.59 Å². The first-order valence-electron chi connectivity index (χ1n) is 9.50. The number of benzene rings is 2. The molecule has 0 spiro atoms. The van der Waals surface area contributed by atoms with Crippen molar-refractivity contribution in [3.63, 3.8) is 0 Å². The molecule has 154 valence electrons. The van der Waals surface area contributed by atoms with Gasteiger partial charge in [-0.25, -0.2) is 4.98 Å². The number of amides is 1. The third-order valence-electron chi connectivity index (χ3n) is 4.79. The van der Waals surface area contributed by atoms with Gasteiger partial charge in [0.2, 0.25) is 5.91 Å². The monoisotopic (exact) mass is 420 g/mol. The van der Waals surface area contributed by atoms with Crippen molar-refractivity contribution in [2.24, 2.45) is 0 Å². The Bertz CT molecular complexity index is 1130. The van der Waals surface area contributed by atoms with Gasteiger partial charge in [0.25, 0.3) is 0 Å². The predicted octanol–water partition coefficient (Wildman–Crippen LogP) is 5.66. The third-order valence-corrected chi connectivity index (χ3v) is 5.64. The summed E-state index contributed by atoms with van der Waals surface area (Å²) in [6, 6.07) is 11.3. The molecule has 2 aromatic carbocycles. The third kappa shape index (κ3) is 4.66. The van der Waals surface area contributed by atoms with Crippen molar-refractivity contribution in [1.82, 2.24) is 4.98 Å². The lowest BCUT2D eigenvalue weighted by Gasteiger charge is -2.19. The number of methoxy groups -OCH3 is 1. The minimum Gasteiger partial charge on any atom is -0.496 e. The molecule has 0 aliphatic rings. The lowest BCUT2D eigenvalue weighted by molar-refractivity contribution is -0.115. The molecule has 0 atom stereocenters. The van der Waals surface area contributed by atoms with Crippen LogP contribution in [0, 0.1) is 20.8 Å². The zero-order valence-corrected chi connectivity index (χ0v) is 18.5. The van der Waals surface area contributed by atoms with Crippen molar-refractivity contribution in [2.45, 2.75) is 27.7 Å². The van der Waals surface area contributed by atoms with Crippen molar-refractivity contribution in [2.75, 3.05) is 12.0 Å². The average molecular weight is 421 g/mol. The number of anilines is 2. The summed E-state index contributed by atoms with van der Waals surface area (Å²) in [5, 5.41) is 2.38. The predicted molar refractivity (Wildman–Crippen MR) is 122 cm³/mol. The fourth-order valence-corrected chi connectivity index (χ4v) is 3.85. The highest BCUT2D eigenvalue weighted by molar-refractivity contribution is 7.14. The maximum Gasteiger partial charge on any atom is 0.230 e. The number of ether oxygens (including phenoxy) is 1. The Balaban J connectivity index is 1.85. The van der Waals surface area contributed by atoms with E-state index in [1.165, 1.54) is 24.3 Å². The molecule has 0 saturated heterocycles. The Morgan fingerprint density at radius 3 is 2.50 bits per heavy atom. The molecule has 0 radical (unpaired) electrons. The number of aromatic nitrogens is 1. The van der Waals surface area contributed by atoms with Crippen molar-refractivity contribution in [3.05, 3.63) is 75.8 Å². The van der Waals surface area contributed by atoms with Gasteiger partial charge in [-0.1, -0.05) is 12.1 Å². The van der Waals surface area contributed by atoms with Gasteiger partial charge in [0.05, 0.1) is 24.1 Å². The molecule has 0 bridgehead atoms. The molecule has 0 aliphatic carbocycles. The summed E-state index contributed by atoms with van der Waals surface area (Å²) in [5.41, 5.74) is 5.17. The number of rotatable bonds is 6. The molecule has 6 heteroatoms. The molecule has 3 aromatic rings. The van der Waals surface area contributed by atoms with E-state index in [1.807, 2.05) is 56.5 Å². The Morgan fingerprint density at radius 2 is 1.83 bits per heavy atom. The van der Waals surface area contributed by atoms with Crippen LogP contribution in [0.2, 0.25) is 0 Å². The maximum absolute atomic E-state index is 12.6. The normalized spacial score (nSPS) is 11.0. The molecule has 0 fully saturated rings. The smallest absolute Gasteiger partial charge is 0.230 e. The average Bonchev–Trinajstić information content (AvgIpc) is 3.17. The fraction of sp³-hybridized carbons (Fsp3) is 0.208. The van der Waals surface area contributed by atoms with Crippen LogP contribution in [0.3, 0.4) is 0 Å². The van der Waals surface area contributed by atoms with Crippen LogP contribution in [0.4, 0.5) is 10.8 Å². The number of hydrogen-bond acceptors (Lipinski definition) is 5. The summed E-state index contributed by atoms with van der Waals surface area (Å²) in [4.78, 5) is 31.0. The first-order valence-corrected chi connectivity index (χ1v) is 10.4. The van der Waals surface area contributed by atoms with Gasteiger partial charge in [-0.15, -0.1) is 11.3 Å². The van der Waals surface area contributed by atoms with Crippen LogP contribution in [-0.4, -0.2) is 23.8 Å². The molecule has 1 aromatic heterocycles. The molecule has 0 unspecified atom stereocenters. The molecular formula is C24H24N2O3S. The Labute approximate surface area is 180 Å². The summed E-state index contributed by atoms with van der Waals surface area (Å²) >= 11 is 1.35. The van der Waals surface area contributed by atoms with Crippen LogP contribution in [0.1, 0.15) is 39.7 Å². The molecule has 0 N–H and O–H groups in total. The van der Waals surface area contributed by atoms with Gasteiger partial charge < -0.3 is 4.74 Å². The Morgan fingerprint density at radius 1 is 1.07 bits per heavy atom. The number of carbonyl (C=O) groups is 2. The van der Waals surface area contributed by atoms with Gasteiger partial charge in [-0.2, -0.15) is 0 Å². The molecule has 0 aliphatic heterocycles. The lowest BCUT2D eigenvalue weighted by Crippen LogP contribution is -2.22. The fourth-order valence-electron chi connectivity index (χ4n) is 3.00.